The average molecular weight is 404 g/mol. The molecule has 0 aliphatic rings. The Kier molecular flexibility index (Phi) is 6.58. The standard InChI is InChI=1S/C19H18F6N2O/c1-27(12-14-4-2-3-5-16(14)19(23,24)25)17(28)26-11-10-13-6-8-15(9-7-13)18(20,21)22/h2-9H,10-12H2,1H3,(H,26,28). The lowest BCUT2D eigenvalue weighted by Crippen LogP contribution is -2.38. The van der Waals surface area contributed by atoms with Crippen molar-refractivity contribution in [2.75, 3.05) is 13.6 Å². The maximum absolute atomic E-state index is 13.0. The minimum Gasteiger partial charge on any atom is -0.338 e. The average Bonchev–Trinajstić information content (AvgIpc) is 2.61. The molecule has 0 unspecified atom stereocenters. The summed E-state index contributed by atoms with van der Waals surface area (Å²) >= 11 is 0. The summed E-state index contributed by atoms with van der Waals surface area (Å²) in [6.45, 7) is -0.0999. The molecule has 0 aromatic heterocycles. The van der Waals surface area contributed by atoms with Gasteiger partial charge in [-0.15, -0.1) is 0 Å². The van der Waals surface area contributed by atoms with Gasteiger partial charge in [-0.25, -0.2) is 4.79 Å². The van der Waals surface area contributed by atoms with E-state index >= 15 is 0 Å². The molecule has 0 spiro atoms. The molecule has 0 aliphatic carbocycles. The highest BCUT2D eigenvalue weighted by molar-refractivity contribution is 5.73. The molecule has 3 nitrogen and oxygen atoms in total. The van der Waals surface area contributed by atoms with Crippen molar-refractivity contribution in [3.8, 4) is 0 Å². The zero-order chi connectivity index (χ0) is 20.9. The zero-order valence-corrected chi connectivity index (χ0v) is 14.9. The van der Waals surface area contributed by atoms with E-state index in [4.69, 9.17) is 0 Å². The van der Waals surface area contributed by atoms with Crippen LogP contribution in [-0.2, 0) is 25.3 Å². The molecule has 2 aromatic rings. The molecule has 2 rings (SSSR count). The highest BCUT2D eigenvalue weighted by atomic mass is 19.4. The Bertz CT molecular complexity index is 799. The zero-order valence-electron chi connectivity index (χ0n) is 14.9. The van der Waals surface area contributed by atoms with E-state index in [2.05, 4.69) is 5.32 Å². The van der Waals surface area contributed by atoms with E-state index in [0.717, 1.165) is 23.1 Å². The van der Waals surface area contributed by atoms with Gasteiger partial charge in [-0.3, -0.25) is 0 Å². The van der Waals surface area contributed by atoms with Crippen molar-refractivity contribution in [2.24, 2.45) is 0 Å². The van der Waals surface area contributed by atoms with Gasteiger partial charge in [-0.1, -0.05) is 30.3 Å². The Hall–Kier alpha value is -2.71. The molecule has 0 fully saturated rings. The van der Waals surface area contributed by atoms with Crippen LogP contribution in [0.15, 0.2) is 48.5 Å². The molecule has 0 aliphatic heterocycles. The minimum atomic E-state index is -4.52. The second-order valence-electron chi connectivity index (χ2n) is 6.19. The number of hydrogen-bond acceptors (Lipinski definition) is 1. The van der Waals surface area contributed by atoms with E-state index in [0.29, 0.717) is 5.56 Å². The molecule has 0 radical (unpaired) electrons. The molecule has 2 amide bonds. The SMILES string of the molecule is CN(Cc1ccccc1C(F)(F)F)C(=O)NCCc1ccc(C(F)(F)F)cc1. The quantitative estimate of drug-likeness (QED) is 0.691. The highest BCUT2D eigenvalue weighted by Crippen LogP contribution is 2.32. The third-order valence-corrected chi connectivity index (χ3v) is 4.05. The number of benzene rings is 2. The van der Waals surface area contributed by atoms with Crippen LogP contribution in [0, 0.1) is 0 Å². The minimum absolute atomic E-state index is 0.0320. The summed E-state index contributed by atoms with van der Waals surface area (Å²) in [7, 11) is 1.36. The smallest absolute Gasteiger partial charge is 0.338 e. The number of nitrogens with zero attached hydrogens (tertiary/aromatic N) is 1. The maximum Gasteiger partial charge on any atom is 0.416 e. The molecule has 0 bridgehead atoms. The second kappa shape index (κ2) is 8.53. The molecule has 1 N–H and O–H groups in total. The van der Waals surface area contributed by atoms with Crippen LogP contribution in [0.3, 0.4) is 0 Å². The predicted octanol–water partition coefficient (Wildman–Crippen LogP) is 5.11. The summed E-state index contributed by atoms with van der Waals surface area (Å²) in [6, 6.07) is 8.95. The first kappa shape index (κ1) is 21.6. The fourth-order valence-corrected chi connectivity index (χ4v) is 2.57. The van der Waals surface area contributed by atoms with Gasteiger partial charge in [0.1, 0.15) is 0 Å². The van der Waals surface area contributed by atoms with Gasteiger partial charge in [-0.2, -0.15) is 26.3 Å². The summed E-state index contributed by atoms with van der Waals surface area (Å²) < 4.78 is 76.6. The summed E-state index contributed by atoms with van der Waals surface area (Å²) in [5.41, 5.74) is -1.00. The van der Waals surface area contributed by atoms with Crippen molar-refractivity contribution in [1.82, 2.24) is 10.2 Å². The Morgan fingerprint density at radius 3 is 2.11 bits per heavy atom. The number of carbonyl (C=O) groups excluding carboxylic acids is 1. The van der Waals surface area contributed by atoms with Gasteiger partial charge in [0, 0.05) is 20.1 Å². The van der Waals surface area contributed by atoms with Crippen molar-refractivity contribution < 1.29 is 31.1 Å². The van der Waals surface area contributed by atoms with Gasteiger partial charge in [0.15, 0.2) is 0 Å². The van der Waals surface area contributed by atoms with Crippen LogP contribution in [0.2, 0.25) is 0 Å². The molecule has 152 valence electrons. The predicted molar refractivity (Wildman–Crippen MR) is 91.5 cm³/mol. The molecule has 0 atom stereocenters. The van der Waals surface area contributed by atoms with Crippen LogP contribution in [0.25, 0.3) is 0 Å². The van der Waals surface area contributed by atoms with Crippen molar-refractivity contribution >= 4 is 6.03 Å². The third kappa shape index (κ3) is 5.90. The number of urea groups is 1. The largest absolute Gasteiger partial charge is 0.416 e. The normalized spacial score (nSPS) is 12.0. The number of halogens is 6. The molecule has 28 heavy (non-hydrogen) atoms. The lowest BCUT2D eigenvalue weighted by molar-refractivity contribution is -0.138. The van der Waals surface area contributed by atoms with Crippen LogP contribution in [0.4, 0.5) is 31.1 Å². The van der Waals surface area contributed by atoms with Crippen molar-refractivity contribution in [3.63, 3.8) is 0 Å². The summed E-state index contributed by atoms with van der Waals surface area (Å²) in [5, 5.41) is 2.54. The second-order valence-corrected chi connectivity index (χ2v) is 6.19. The van der Waals surface area contributed by atoms with Crippen LogP contribution in [-0.4, -0.2) is 24.5 Å². The maximum atomic E-state index is 13.0. The van der Waals surface area contributed by atoms with E-state index in [1.807, 2.05) is 0 Å². The lowest BCUT2D eigenvalue weighted by atomic mass is 10.1. The van der Waals surface area contributed by atoms with E-state index in [9.17, 15) is 31.1 Å². The van der Waals surface area contributed by atoms with Gasteiger partial charge in [0.05, 0.1) is 11.1 Å². The number of amides is 2. The van der Waals surface area contributed by atoms with Gasteiger partial charge >= 0.3 is 18.4 Å². The number of nitrogens with one attached hydrogen (secondary N) is 1. The summed E-state index contributed by atoms with van der Waals surface area (Å²) in [4.78, 5) is 13.2. The first-order chi connectivity index (χ1) is 13.0. The van der Waals surface area contributed by atoms with Gasteiger partial charge in [0.2, 0.25) is 0 Å². The number of hydrogen-bond donors (Lipinski definition) is 1. The van der Waals surface area contributed by atoms with Crippen LogP contribution >= 0.6 is 0 Å². The molecular formula is C19H18F6N2O. The third-order valence-electron chi connectivity index (χ3n) is 4.05. The highest BCUT2D eigenvalue weighted by Gasteiger charge is 2.33. The first-order valence-corrected chi connectivity index (χ1v) is 8.28. The van der Waals surface area contributed by atoms with Gasteiger partial charge < -0.3 is 10.2 Å². The Morgan fingerprint density at radius 1 is 0.929 bits per heavy atom. The van der Waals surface area contributed by atoms with E-state index < -0.39 is 29.5 Å². The Balaban J connectivity index is 1.88. The topological polar surface area (TPSA) is 32.3 Å². The van der Waals surface area contributed by atoms with E-state index in [-0.39, 0.29) is 25.1 Å². The molecular weight excluding hydrogens is 386 g/mol. The van der Waals surface area contributed by atoms with Crippen LogP contribution in [0.5, 0.6) is 0 Å². The van der Waals surface area contributed by atoms with Crippen molar-refractivity contribution in [3.05, 3.63) is 70.8 Å². The summed E-state index contributed by atoms with van der Waals surface area (Å²) in [5.74, 6) is 0. The van der Waals surface area contributed by atoms with Crippen LogP contribution < -0.4 is 5.32 Å². The van der Waals surface area contributed by atoms with Crippen molar-refractivity contribution in [1.29, 1.82) is 0 Å². The fraction of sp³-hybridized carbons (Fsp3) is 0.316. The number of carbonyl (C=O) groups is 1. The van der Waals surface area contributed by atoms with Gasteiger partial charge in [0.25, 0.3) is 0 Å². The van der Waals surface area contributed by atoms with Crippen LogP contribution in [0.1, 0.15) is 22.3 Å². The monoisotopic (exact) mass is 404 g/mol. The molecule has 2 aromatic carbocycles. The molecule has 0 saturated carbocycles. The molecule has 0 saturated heterocycles. The van der Waals surface area contributed by atoms with Gasteiger partial charge in [-0.05, 0) is 35.7 Å². The lowest BCUT2D eigenvalue weighted by Gasteiger charge is -2.20. The molecule has 0 heterocycles. The first-order valence-electron chi connectivity index (χ1n) is 8.28. The van der Waals surface area contributed by atoms with E-state index in [1.165, 1.54) is 37.4 Å². The van der Waals surface area contributed by atoms with E-state index in [1.54, 1.807) is 0 Å². The molecule has 9 heteroatoms. The summed E-state index contributed by atoms with van der Waals surface area (Å²) in [6.07, 6.45) is -8.64. The fourth-order valence-electron chi connectivity index (χ4n) is 2.57. The number of alkyl halides is 6. The number of rotatable bonds is 5. The Labute approximate surface area is 158 Å². The Morgan fingerprint density at radius 2 is 1.54 bits per heavy atom. The van der Waals surface area contributed by atoms with Crippen molar-refractivity contribution in [2.45, 2.75) is 25.3 Å².